The van der Waals surface area contributed by atoms with Crippen molar-refractivity contribution in [2.24, 2.45) is 0 Å². The number of amides is 2. The Morgan fingerprint density at radius 2 is 1.78 bits per heavy atom. The van der Waals surface area contributed by atoms with Crippen molar-refractivity contribution in [1.29, 1.82) is 0 Å². The second-order valence-electron chi connectivity index (χ2n) is 8.29. The molecule has 0 saturated carbocycles. The van der Waals surface area contributed by atoms with Crippen LogP contribution in [0.15, 0.2) is 29.1 Å². The van der Waals surface area contributed by atoms with Crippen molar-refractivity contribution in [1.82, 2.24) is 10.6 Å². The molecule has 0 radical (unpaired) electrons. The molecule has 1 atom stereocenters. The van der Waals surface area contributed by atoms with Gasteiger partial charge in [0.25, 0.3) is 0 Å². The number of aryl methyl sites for hydroxylation is 1. The first-order valence-electron chi connectivity index (χ1n) is 11.6. The van der Waals surface area contributed by atoms with Crippen LogP contribution in [0.2, 0.25) is 0 Å². The van der Waals surface area contributed by atoms with Crippen LogP contribution in [0.1, 0.15) is 30.5 Å². The molecule has 1 unspecified atom stereocenters. The predicted molar refractivity (Wildman–Crippen MR) is 136 cm³/mol. The maximum absolute atomic E-state index is 13.2. The molecular weight excluding hydrogens is 466 g/mol. The molecule has 3 N–H and O–H groups in total. The molecular formula is C26H33N3O7. The molecule has 0 saturated heterocycles. The zero-order valence-corrected chi connectivity index (χ0v) is 21.3. The summed E-state index contributed by atoms with van der Waals surface area (Å²) in [5.74, 6) is 0.965. The number of benzene rings is 1. The van der Waals surface area contributed by atoms with Gasteiger partial charge in [0.05, 0.1) is 46.2 Å². The van der Waals surface area contributed by atoms with Crippen LogP contribution < -0.4 is 35.6 Å². The van der Waals surface area contributed by atoms with Crippen molar-refractivity contribution in [3.63, 3.8) is 0 Å². The summed E-state index contributed by atoms with van der Waals surface area (Å²) in [7, 11) is 6.19. The van der Waals surface area contributed by atoms with Gasteiger partial charge in [0.15, 0.2) is 11.5 Å². The Labute approximate surface area is 210 Å². The third-order valence-electron chi connectivity index (χ3n) is 5.98. The summed E-state index contributed by atoms with van der Waals surface area (Å²) in [5, 5.41) is 8.59. The Kier molecular flexibility index (Phi) is 9.13. The molecule has 0 aliphatic heterocycles. The van der Waals surface area contributed by atoms with E-state index < -0.39 is 6.04 Å². The number of nitrogens with one attached hydrogen (secondary N) is 3. The maximum Gasteiger partial charge on any atom is 0.239 e. The van der Waals surface area contributed by atoms with Crippen LogP contribution in [-0.2, 0) is 20.7 Å². The average molecular weight is 500 g/mol. The van der Waals surface area contributed by atoms with Crippen molar-refractivity contribution in [2.45, 2.75) is 25.8 Å². The minimum Gasteiger partial charge on any atom is -0.493 e. The molecule has 0 heterocycles. The van der Waals surface area contributed by atoms with Crippen molar-refractivity contribution < 1.29 is 28.5 Å². The second kappa shape index (κ2) is 12.3. The van der Waals surface area contributed by atoms with E-state index in [9.17, 15) is 14.4 Å². The Morgan fingerprint density at radius 1 is 1.03 bits per heavy atom. The van der Waals surface area contributed by atoms with E-state index in [0.29, 0.717) is 54.4 Å². The fourth-order valence-electron chi connectivity index (χ4n) is 4.38. The highest BCUT2D eigenvalue weighted by Crippen LogP contribution is 2.50. The van der Waals surface area contributed by atoms with E-state index in [1.54, 1.807) is 33.5 Å². The van der Waals surface area contributed by atoms with Gasteiger partial charge in [-0.05, 0) is 47.7 Å². The van der Waals surface area contributed by atoms with Crippen LogP contribution >= 0.6 is 0 Å². The molecule has 2 aromatic rings. The molecule has 1 aliphatic carbocycles. The summed E-state index contributed by atoms with van der Waals surface area (Å²) in [5.41, 5.74) is 3.01. The fourth-order valence-corrected chi connectivity index (χ4v) is 4.38. The Balaban J connectivity index is 2.14. The van der Waals surface area contributed by atoms with E-state index in [1.165, 1.54) is 20.1 Å². The monoisotopic (exact) mass is 499 g/mol. The zero-order chi connectivity index (χ0) is 26.2. The van der Waals surface area contributed by atoms with Crippen LogP contribution in [0.4, 0.5) is 5.69 Å². The van der Waals surface area contributed by atoms with Gasteiger partial charge in [0, 0.05) is 26.1 Å². The van der Waals surface area contributed by atoms with Crippen molar-refractivity contribution in [2.75, 3.05) is 53.5 Å². The normalized spacial score (nSPS) is 14.0. The van der Waals surface area contributed by atoms with Gasteiger partial charge in [-0.3, -0.25) is 14.4 Å². The van der Waals surface area contributed by atoms with E-state index in [1.807, 2.05) is 6.07 Å². The second-order valence-corrected chi connectivity index (χ2v) is 8.29. The number of ether oxygens (including phenoxy) is 4. The van der Waals surface area contributed by atoms with Gasteiger partial charge in [0.2, 0.25) is 23.0 Å². The number of hydrogen-bond donors (Lipinski definition) is 3. The minimum atomic E-state index is -0.406. The SMILES string of the molecule is COCCNC(=O)CNc1ccc2c(cc1=O)C(NC(C)=O)CCc1cc(OC)c(OC)c(OC)c1-2. The van der Waals surface area contributed by atoms with Gasteiger partial charge >= 0.3 is 0 Å². The Morgan fingerprint density at radius 3 is 2.42 bits per heavy atom. The molecule has 0 fully saturated rings. The van der Waals surface area contributed by atoms with Crippen LogP contribution in [0.5, 0.6) is 17.2 Å². The average Bonchev–Trinajstić information content (AvgIpc) is 3.10. The molecule has 0 bridgehead atoms. The number of carbonyl (C=O) groups is 2. The van der Waals surface area contributed by atoms with Crippen LogP contribution in [0.3, 0.4) is 0 Å². The molecule has 2 aromatic carbocycles. The van der Waals surface area contributed by atoms with E-state index >= 15 is 0 Å². The van der Waals surface area contributed by atoms with Crippen molar-refractivity contribution in [3.05, 3.63) is 45.6 Å². The number of rotatable bonds is 10. The molecule has 10 nitrogen and oxygen atoms in total. The fraction of sp³-hybridized carbons (Fsp3) is 0.423. The smallest absolute Gasteiger partial charge is 0.239 e. The van der Waals surface area contributed by atoms with Gasteiger partial charge in [0.1, 0.15) is 0 Å². The van der Waals surface area contributed by atoms with Crippen molar-refractivity contribution >= 4 is 17.5 Å². The minimum absolute atomic E-state index is 0.0757. The topological polar surface area (TPSA) is 124 Å². The lowest BCUT2D eigenvalue weighted by Crippen LogP contribution is -2.33. The standard InChI is InChI=1S/C26H33N3O7/c1-15(30)29-19-8-6-16-12-22(34-3)25(35-4)26(36-5)24(16)17-7-9-20(21(31)13-18(17)19)28-14-23(32)27-10-11-33-2/h7,9,12-13,19H,6,8,10-11,14H2,1-5H3,(H,27,32)(H,28,31)(H,29,30). The Bertz CT molecular complexity index is 1180. The molecule has 10 heteroatoms. The summed E-state index contributed by atoms with van der Waals surface area (Å²) in [6, 6.07) is 6.43. The molecule has 36 heavy (non-hydrogen) atoms. The Hall–Kier alpha value is -3.79. The zero-order valence-electron chi connectivity index (χ0n) is 21.3. The molecule has 0 spiro atoms. The summed E-state index contributed by atoms with van der Waals surface area (Å²) in [6.07, 6.45) is 1.17. The largest absolute Gasteiger partial charge is 0.493 e. The number of hydrogen-bond acceptors (Lipinski definition) is 8. The first-order chi connectivity index (χ1) is 17.3. The maximum atomic E-state index is 13.2. The van der Waals surface area contributed by atoms with Gasteiger partial charge in [-0.25, -0.2) is 0 Å². The first-order valence-corrected chi connectivity index (χ1v) is 11.6. The number of carbonyl (C=O) groups excluding carboxylic acids is 2. The quantitative estimate of drug-likeness (QED) is 0.424. The third kappa shape index (κ3) is 5.88. The van der Waals surface area contributed by atoms with Gasteiger partial charge in [-0.1, -0.05) is 6.07 Å². The highest BCUT2D eigenvalue weighted by Gasteiger charge is 2.29. The molecule has 1 aliphatic rings. The number of fused-ring (bicyclic) bond motifs is 3. The van der Waals surface area contributed by atoms with E-state index in [-0.39, 0.29) is 29.5 Å². The highest BCUT2D eigenvalue weighted by molar-refractivity contribution is 5.84. The predicted octanol–water partition coefficient (Wildman–Crippen LogP) is 2.04. The number of methoxy groups -OCH3 is 4. The lowest BCUT2D eigenvalue weighted by molar-refractivity contribution is -0.120. The molecule has 194 valence electrons. The van der Waals surface area contributed by atoms with Crippen LogP contribution in [0, 0.1) is 0 Å². The van der Waals surface area contributed by atoms with Crippen molar-refractivity contribution in [3.8, 4) is 28.4 Å². The van der Waals surface area contributed by atoms with E-state index in [4.69, 9.17) is 18.9 Å². The van der Waals surface area contributed by atoms with Gasteiger partial charge in [-0.2, -0.15) is 0 Å². The van der Waals surface area contributed by atoms with E-state index in [0.717, 1.165) is 11.1 Å². The summed E-state index contributed by atoms with van der Waals surface area (Å²) < 4.78 is 21.8. The lowest BCUT2D eigenvalue weighted by Gasteiger charge is -2.19. The summed E-state index contributed by atoms with van der Waals surface area (Å²) in [4.78, 5) is 37.3. The third-order valence-corrected chi connectivity index (χ3v) is 5.98. The van der Waals surface area contributed by atoms with Gasteiger partial charge < -0.3 is 34.9 Å². The molecule has 3 rings (SSSR count). The first kappa shape index (κ1) is 26.8. The summed E-state index contributed by atoms with van der Waals surface area (Å²) in [6.45, 7) is 2.14. The van der Waals surface area contributed by atoms with Crippen LogP contribution in [-0.4, -0.2) is 59.9 Å². The highest BCUT2D eigenvalue weighted by atomic mass is 16.5. The summed E-state index contributed by atoms with van der Waals surface area (Å²) >= 11 is 0. The van der Waals surface area contributed by atoms with Crippen LogP contribution in [0.25, 0.3) is 11.1 Å². The molecule has 0 aromatic heterocycles. The van der Waals surface area contributed by atoms with Gasteiger partial charge in [-0.15, -0.1) is 0 Å². The number of anilines is 1. The molecule has 2 amide bonds. The van der Waals surface area contributed by atoms with E-state index in [2.05, 4.69) is 16.0 Å². The lowest BCUT2D eigenvalue weighted by atomic mass is 9.95.